The largest absolute Gasteiger partial charge is 0.396 e. The number of hydrogen-bond donors (Lipinski definition) is 1. The molecule has 0 radical (unpaired) electrons. The third-order valence-electron chi connectivity index (χ3n) is 1.44. The van der Waals surface area contributed by atoms with Crippen LogP contribution in [0.1, 0.15) is 26.7 Å². The molecule has 0 saturated carbocycles. The van der Waals surface area contributed by atoms with Crippen LogP contribution in [0.25, 0.3) is 0 Å². The summed E-state index contributed by atoms with van der Waals surface area (Å²) in [6.45, 7) is 2.91. The van der Waals surface area contributed by atoms with Gasteiger partial charge in [-0.3, -0.25) is 9.59 Å². The molecule has 4 nitrogen and oxygen atoms in total. The van der Waals surface area contributed by atoms with Crippen LogP contribution in [-0.2, 0) is 14.3 Å². The van der Waals surface area contributed by atoms with Gasteiger partial charge in [0, 0.05) is 13.5 Å². The van der Waals surface area contributed by atoms with Crippen LogP contribution in [0.4, 0.5) is 0 Å². The molecule has 0 saturated heterocycles. The second-order valence-corrected chi connectivity index (χ2v) is 2.68. The van der Waals surface area contributed by atoms with Crippen LogP contribution in [0.15, 0.2) is 0 Å². The highest BCUT2D eigenvalue weighted by Crippen LogP contribution is 2.06. The maximum Gasteiger partial charge on any atom is 0.316 e. The molecule has 12 heavy (non-hydrogen) atoms. The second-order valence-electron chi connectivity index (χ2n) is 2.68. The van der Waals surface area contributed by atoms with Crippen molar-refractivity contribution in [2.24, 2.45) is 5.92 Å². The molecule has 0 spiro atoms. The van der Waals surface area contributed by atoms with Crippen LogP contribution >= 0.6 is 0 Å². The molecule has 0 aromatic carbocycles. The molecule has 1 unspecified atom stereocenters. The van der Waals surface area contributed by atoms with Crippen LogP contribution in [0.2, 0.25) is 0 Å². The predicted molar refractivity (Wildman–Crippen MR) is 42.3 cm³/mol. The van der Waals surface area contributed by atoms with E-state index >= 15 is 0 Å². The Morgan fingerprint density at radius 1 is 1.50 bits per heavy atom. The van der Waals surface area contributed by atoms with Gasteiger partial charge in [-0.1, -0.05) is 6.92 Å². The van der Waals surface area contributed by atoms with Gasteiger partial charge in [-0.05, 0) is 12.8 Å². The van der Waals surface area contributed by atoms with Gasteiger partial charge in [0.15, 0.2) is 0 Å². The Kier molecular flexibility index (Phi) is 5.28. The number of esters is 2. The summed E-state index contributed by atoms with van der Waals surface area (Å²) in [4.78, 5) is 21.3. The molecule has 0 heterocycles. The highest BCUT2D eigenvalue weighted by molar-refractivity contribution is 5.85. The van der Waals surface area contributed by atoms with Crippen molar-refractivity contribution in [3.05, 3.63) is 0 Å². The third kappa shape index (κ3) is 4.85. The van der Waals surface area contributed by atoms with Crippen molar-refractivity contribution >= 4 is 11.9 Å². The Balaban J connectivity index is 3.69. The van der Waals surface area contributed by atoms with Crippen LogP contribution in [-0.4, -0.2) is 23.7 Å². The number of carbonyl (C=O) groups is 2. The first-order valence-corrected chi connectivity index (χ1v) is 3.91. The van der Waals surface area contributed by atoms with Crippen molar-refractivity contribution in [3.8, 4) is 0 Å². The lowest BCUT2D eigenvalue weighted by atomic mass is 10.1. The van der Waals surface area contributed by atoms with Gasteiger partial charge < -0.3 is 9.84 Å². The normalized spacial score (nSPS) is 12.2. The van der Waals surface area contributed by atoms with E-state index in [1.54, 1.807) is 6.92 Å². The van der Waals surface area contributed by atoms with E-state index in [-0.39, 0.29) is 12.5 Å². The average molecular weight is 174 g/mol. The maximum atomic E-state index is 10.9. The zero-order valence-corrected chi connectivity index (χ0v) is 7.37. The maximum absolute atomic E-state index is 10.9. The van der Waals surface area contributed by atoms with Crippen molar-refractivity contribution < 1.29 is 19.4 Å². The van der Waals surface area contributed by atoms with Crippen molar-refractivity contribution in [2.75, 3.05) is 6.61 Å². The summed E-state index contributed by atoms with van der Waals surface area (Å²) in [5.74, 6) is -1.42. The molecule has 1 N–H and O–H groups in total. The van der Waals surface area contributed by atoms with Crippen LogP contribution in [0.3, 0.4) is 0 Å². The summed E-state index contributed by atoms with van der Waals surface area (Å²) in [5, 5.41) is 8.46. The van der Waals surface area contributed by atoms with E-state index < -0.39 is 11.9 Å². The smallest absolute Gasteiger partial charge is 0.316 e. The molecule has 0 amide bonds. The van der Waals surface area contributed by atoms with Gasteiger partial charge in [0.1, 0.15) is 0 Å². The molecule has 0 fully saturated rings. The zero-order chi connectivity index (χ0) is 9.56. The number of carbonyl (C=O) groups excluding carboxylic acids is 2. The van der Waals surface area contributed by atoms with Gasteiger partial charge in [0.05, 0.1) is 5.92 Å². The lowest BCUT2D eigenvalue weighted by molar-refractivity contribution is -0.160. The number of rotatable bonds is 4. The quantitative estimate of drug-likeness (QED) is 0.497. The van der Waals surface area contributed by atoms with E-state index in [1.807, 2.05) is 0 Å². The van der Waals surface area contributed by atoms with Crippen molar-refractivity contribution in [1.82, 2.24) is 0 Å². The van der Waals surface area contributed by atoms with E-state index in [2.05, 4.69) is 4.74 Å². The summed E-state index contributed by atoms with van der Waals surface area (Å²) < 4.78 is 4.35. The minimum Gasteiger partial charge on any atom is -0.396 e. The van der Waals surface area contributed by atoms with Crippen molar-refractivity contribution in [2.45, 2.75) is 26.7 Å². The molecule has 0 aromatic rings. The third-order valence-corrected chi connectivity index (χ3v) is 1.44. The first-order valence-electron chi connectivity index (χ1n) is 3.91. The fraction of sp³-hybridized carbons (Fsp3) is 0.750. The van der Waals surface area contributed by atoms with Gasteiger partial charge in [0.2, 0.25) is 0 Å². The van der Waals surface area contributed by atoms with E-state index in [4.69, 9.17) is 5.11 Å². The van der Waals surface area contributed by atoms with E-state index in [9.17, 15) is 9.59 Å². The highest BCUT2D eigenvalue weighted by Gasteiger charge is 2.15. The second kappa shape index (κ2) is 5.71. The monoisotopic (exact) mass is 174 g/mol. The predicted octanol–water partition coefficient (Wildman–Crippen LogP) is 0.485. The van der Waals surface area contributed by atoms with Gasteiger partial charge in [-0.25, -0.2) is 0 Å². The molecule has 70 valence electrons. The number of aliphatic hydroxyl groups excluding tert-OH is 1. The van der Waals surface area contributed by atoms with Crippen molar-refractivity contribution in [3.63, 3.8) is 0 Å². The Morgan fingerprint density at radius 2 is 2.08 bits per heavy atom. The summed E-state index contributed by atoms with van der Waals surface area (Å²) in [7, 11) is 0. The molecule has 0 aliphatic carbocycles. The van der Waals surface area contributed by atoms with Gasteiger partial charge in [-0.15, -0.1) is 0 Å². The Bertz CT molecular complexity index is 164. The molecular formula is C8H14O4. The van der Waals surface area contributed by atoms with Crippen LogP contribution in [0.5, 0.6) is 0 Å². The lowest BCUT2D eigenvalue weighted by Crippen LogP contribution is -2.17. The zero-order valence-electron chi connectivity index (χ0n) is 7.37. The summed E-state index contributed by atoms with van der Waals surface area (Å²) in [6, 6.07) is 0. The molecule has 0 bridgehead atoms. The topological polar surface area (TPSA) is 63.6 Å². The molecule has 0 aromatic heterocycles. The van der Waals surface area contributed by atoms with E-state index in [1.165, 1.54) is 6.92 Å². The average Bonchev–Trinajstić information content (AvgIpc) is 1.98. The number of ether oxygens (including phenoxy) is 1. The fourth-order valence-corrected chi connectivity index (χ4v) is 0.758. The Hall–Kier alpha value is -0.900. The van der Waals surface area contributed by atoms with Gasteiger partial charge in [-0.2, -0.15) is 0 Å². The van der Waals surface area contributed by atoms with Gasteiger partial charge >= 0.3 is 11.9 Å². The van der Waals surface area contributed by atoms with E-state index in [0.29, 0.717) is 12.8 Å². The summed E-state index contributed by atoms with van der Waals surface area (Å²) in [5.41, 5.74) is 0. The summed E-state index contributed by atoms with van der Waals surface area (Å²) >= 11 is 0. The molecule has 0 aliphatic rings. The molecule has 1 atom stereocenters. The van der Waals surface area contributed by atoms with Crippen LogP contribution < -0.4 is 0 Å². The van der Waals surface area contributed by atoms with Crippen LogP contribution in [0, 0.1) is 5.92 Å². The first kappa shape index (κ1) is 11.1. The summed E-state index contributed by atoms with van der Waals surface area (Å²) in [6.07, 6.45) is 1.09. The minimum atomic E-state index is -0.587. The van der Waals surface area contributed by atoms with Gasteiger partial charge in [0.25, 0.3) is 0 Å². The first-order chi connectivity index (χ1) is 5.57. The number of aliphatic hydroxyl groups is 1. The fourth-order valence-electron chi connectivity index (χ4n) is 0.758. The standard InChI is InChI=1S/C8H14O4/c1-6(4-3-5-9)8(11)12-7(2)10/h6,9H,3-5H2,1-2H3. The minimum absolute atomic E-state index is 0.0533. The van der Waals surface area contributed by atoms with E-state index in [0.717, 1.165) is 0 Å². The molecule has 0 rings (SSSR count). The molecule has 0 aliphatic heterocycles. The number of hydrogen-bond acceptors (Lipinski definition) is 4. The molecular weight excluding hydrogens is 160 g/mol. The SMILES string of the molecule is CC(=O)OC(=O)C(C)CCCO. The molecule has 4 heteroatoms. The highest BCUT2D eigenvalue weighted by atomic mass is 16.6. The Labute approximate surface area is 71.5 Å². The lowest BCUT2D eigenvalue weighted by Gasteiger charge is -2.07. The van der Waals surface area contributed by atoms with Crippen molar-refractivity contribution in [1.29, 1.82) is 0 Å². The Morgan fingerprint density at radius 3 is 2.50 bits per heavy atom.